The zero-order valence-electron chi connectivity index (χ0n) is 10.8. The molecule has 0 amide bonds. The van der Waals surface area contributed by atoms with Gasteiger partial charge in [0.25, 0.3) is 0 Å². The third kappa shape index (κ3) is 1.96. The van der Waals surface area contributed by atoms with Crippen molar-refractivity contribution in [2.45, 2.75) is 32.7 Å². The Hall–Kier alpha value is -1.90. The van der Waals surface area contributed by atoms with Crippen LogP contribution in [0.4, 0.5) is 5.69 Å². The van der Waals surface area contributed by atoms with Gasteiger partial charge in [-0.25, -0.2) is 9.97 Å². The third-order valence-electron chi connectivity index (χ3n) is 3.47. The van der Waals surface area contributed by atoms with Crippen molar-refractivity contribution in [2.75, 3.05) is 5.32 Å². The molecule has 1 aliphatic heterocycles. The lowest BCUT2D eigenvalue weighted by Gasteiger charge is -2.27. The maximum atomic E-state index is 4.53. The summed E-state index contributed by atoms with van der Waals surface area (Å²) in [5, 5.41) is 3.58. The molecule has 0 saturated carbocycles. The number of hydrogen-bond acceptors (Lipinski definition) is 3. The highest BCUT2D eigenvalue weighted by molar-refractivity contribution is 5.55. The lowest BCUT2D eigenvalue weighted by molar-refractivity contribution is 0.647. The number of fused-ring (bicyclic) bond motifs is 1. The first-order chi connectivity index (χ1) is 8.74. The summed E-state index contributed by atoms with van der Waals surface area (Å²) in [5.74, 6) is 0.867. The van der Waals surface area contributed by atoms with E-state index in [0.717, 1.165) is 35.7 Å². The molecule has 1 atom stereocenters. The molecule has 1 N–H and O–H groups in total. The highest BCUT2D eigenvalue weighted by Crippen LogP contribution is 2.32. The van der Waals surface area contributed by atoms with Crippen LogP contribution in [0.2, 0.25) is 0 Å². The van der Waals surface area contributed by atoms with Gasteiger partial charge in [0.15, 0.2) is 0 Å². The summed E-state index contributed by atoms with van der Waals surface area (Å²) in [6.45, 7) is 4.00. The predicted molar refractivity (Wildman–Crippen MR) is 72.6 cm³/mol. The summed E-state index contributed by atoms with van der Waals surface area (Å²) in [4.78, 5) is 8.97. The highest BCUT2D eigenvalue weighted by atomic mass is 15.0. The Kier molecular flexibility index (Phi) is 2.74. The van der Waals surface area contributed by atoms with Gasteiger partial charge in [0.2, 0.25) is 0 Å². The van der Waals surface area contributed by atoms with Gasteiger partial charge >= 0.3 is 0 Å². The fourth-order valence-corrected chi connectivity index (χ4v) is 2.62. The van der Waals surface area contributed by atoms with Gasteiger partial charge in [-0.15, -0.1) is 0 Å². The van der Waals surface area contributed by atoms with E-state index in [0.29, 0.717) is 6.04 Å². The second-order valence-corrected chi connectivity index (χ2v) is 4.82. The molecule has 0 bridgehead atoms. The molecule has 1 unspecified atom stereocenters. The maximum absolute atomic E-state index is 4.53. The maximum Gasteiger partial charge on any atom is 0.125 e. The van der Waals surface area contributed by atoms with Gasteiger partial charge in [-0.3, -0.25) is 0 Å². The molecule has 3 heteroatoms. The molecule has 1 aliphatic rings. The van der Waals surface area contributed by atoms with E-state index in [9.17, 15) is 0 Å². The number of aromatic nitrogens is 2. The Morgan fingerprint density at radius 1 is 1.11 bits per heavy atom. The van der Waals surface area contributed by atoms with Crippen molar-refractivity contribution in [1.82, 2.24) is 9.97 Å². The second-order valence-electron chi connectivity index (χ2n) is 4.82. The van der Waals surface area contributed by atoms with Crippen LogP contribution in [0.25, 0.3) is 0 Å². The van der Waals surface area contributed by atoms with E-state index in [1.807, 2.05) is 13.8 Å². The van der Waals surface area contributed by atoms with E-state index in [1.165, 1.54) is 5.56 Å². The molecule has 3 nitrogen and oxygen atoms in total. The molecule has 0 radical (unpaired) electrons. The average Bonchev–Trinajstić information content (AvgIpc) is 2.39. The number of benzene rings is 1. The number of nitrogens with zero attached hydrogens (tertiary/aromatic N) is 2. The SMILES string of the molecule is Cc1nc(C)c2c(n1)CCC(c1ccccc1)N2. The molecule has 1 aromatic heterocycles. The van der Waals surface area contributed by atoms with E-state index in [1.54, 1.807) is 0 Å². The quantitative estimate of drug-likeness (QED) is 0.830. The molecule has 3 rings (SSSR count). The van der Waals surface area contributed by atoms with Crippen LogP contribution in [0.3, 0.4) is 0 Å². The fourth-order valence-electron chi connectivity index (χ4n) is 2.62. The van der Waals surface area contributed by atoms with E-state index in [2.05, 4.69) is 45.6 Å². The molecule has 0 spiro atoms. The molecule has 92 valence electrons. The molecule has 0 fully saturated rings. The summed E-state index contributed by atoms with van der Waals surface area (Å²) < 4.78 is 0. The van der Waals surface area contributed by atoms with Crippen LogP contribution in [-0.4, -0.2) is 9.97 Å². The Labute approximate surface area is 107 Å². The van der Waals surface area contributed by atoms with E-state index in [4.69, 9.17) is 0 Å². The van der Waals surface area contributed by atoms with E-state index < -0.39 is 0 Å². The van der Waals surface area contributed by atoms with Crippen LogP contribution >= 0.6 is 0 Å². The minimum Gasteiger partial charge on any atom is -0.375 e. The van der Waals surface area contributed by atoms with Gasteiger partial charge in [-0.05, 0) is 32.3 Å². The van der Waals surface area contributed by atoms with Crippen molar-refractivity contribution < 1.29 is 0 Å². The summed E-state index contributed by atoms with van der Waals surface area (Å²) >= 11 is 0. The van der Waals surface area contributed by atoms with Crippen molar-refractivity contribution >= 4 is 5.69 Å². The first kappa shape index (κ1) is 11.2. The van der Waals surface area contributed by atoms with Crippen LogP contribution in [0.15, 0.2) is 30.3 Å². The number of rotatable bonds is 1. The number of anilines is 1. The average molecular weight is 239 g/mol. The minimum absolute atomic E-state index is 0.378. The molecule has 2 aromatic rings. The van der Waals surface area contributed by atoms with Crippen molar-refractivity contribution in [1.29, 1.82) is 0 Å². The lowest BCUT2D eigenvalue weighted by Crippen LogP contribution is -2.21. The molecule has 0 saturated heterocycles. The highest BCUT2D eigenvalue weighted by Gasteiger charge is 2.22. The zero-order valence-corrected chi connectivity index (χ0v) is 10.8. The summed E-state index contributed by atoms with van der Waals surface area (Å²) in [5.41, 5.74) is 4.68. The predicted octanol–water partition coefficient (Wildman–Crippen LogP) is 3.19. The molecular formula is C15H17N3. The van der Waals surface area contributed by atoms with Gasteiger partial charge in [0.05, 0.1) is 23.1 Å². The standard InChI is InChI=1S/C15H17N3/c1-10-15-14(17-11(2)16-10)9-8-13(18-15)12-6-4-3-5-7-12/h3-7,13,18H,8-9H2,1-2H3. The van der Waals surface area contributed by atoms with Crippen molar-refractivity contribution in [3.63, 3.8) is 0 Å². The lowest BCUT2D eigenvalue weighted by atomic mass is 9.96. The fraction of sp³-hybridized carbons (Fsp3) is 0.333. The zero-order chi connectivity index (χ0) is 12.5. The molecule has 2 heterocycles. The largest absolute Gasteiger partial charge is 0.375 e. The molecular weight excluding hydrogens is 222 g/mol. The van der Waals surface area contributed by atoms with E-state index >= 15 is 0 Å². The van der Waals surface area contributed by atoms with Crippen LogP contribution < -0.4 is 5.32 Å². The van der Waals surface area contributed by atoms with Crippen LogP contribution in [0.1, 0.15) is 35.2 Å². The van der Waals surface area contributed by atoms with Crippen LogP contribution in [-0.2, 0) is 6.42 Å². The van der Waals surface area contributed by atoms with Gasteiger partial charge < -0.3 is 5.32 Å². The second kappa shape index (κ2) is 4.41. The minimum atomic E-state index is 0.378. The first-order valence-corrected chi connectivity index (χ1v) is 6.39. The molecule has 0 aliphatic carbocycles. The number of nitrogens with one attached hydrogen (secondary N) is 1. The van der Waals surface area contributed by atoms with Crippen molar-refractivity contribution in [2.24, 2.45) is 0 Å². The van der Waals surface area contributed by atoms with Gasteiger partial charge in [-0.2, -0.15) is 0 Å². The van der Waals surface area contributed by atoms with Gasteiger partial charge in [-0.1, -0.05) is 30.3 Å². The van der Waals surface area contributed by atoms with Gasteiger partial charge in [0.1, 0.15) is 5.82 Å². The van der Waals surface area contributed by atoms with Crippen LogP contribution in [0, 0.1) is 13.8 Å². The number of aryl methyl sites for hydroxylation is 3. The smallest absolute Gasteiger partial charge is 0.125 e. The Balaban J connectivity index is 1.94. The normalized spacial score (nSPS) is 18.0. The Morgan fingerprint density at radius 2 is 1.89 bits per heavy atom. The summed E-state index contributed by atoms with van der Waals surface area (Å²) in [6, 6.07) is 11.0. The molecule has 18 heavy (non-hydrogen) atoms. The molecule has 1 aromatic carbocycles. The summed E-state index contributed by atoms with van der Waals surface area (Å²) in [6.07, 6.45) is 2.11. The number of hydrogen-bond donors (Lipinski definition) is 1. The Morgan fingerprint density at radius 3 is 2.67 bits per heavy atom. The Bertz CT molecular complexity index is 563. The topological polar surface area (TPSA) is 37.8 Å². The third-order valence-corrected chi connectivity index (χ3v) is 3.47. The van der Waals surface area contributed by atoms with Crippen molar-refractivity contribution in [3.05, 3.63) is 53.1 Å². The summed E-state index contributed by atoms with van der Waals surface area (Å²) in [7, 11) is 0. The van der Waals surface area contributed by atoms with Crippen LogP contribution in [0.5, 0.6) is 0 Å². The van der Waals surface area contributed by atoms with Crippen molar-refractivity contribution in [3.8, 4) is 0 Å². The first-order valence-electron chi connectivity index (χ1n) is 6.39. The monoisotopic (exact) mass is 239 g/mol. The van der Waals surface area contributed by atoms with E-state index in [-0.39, 0.29) is 0 Å². The van der Waals surface area contributed by atoms with Gasteiger partial charge in [0, 0.05) is 0 Å².